The summed E-state index contributed by atoms with van der Waals surface area (Å²) in [4.78, 5) is 18.7. The molecule has 2 amide bonds. The summed E-state index contributed by atoms with van der Waals surface area (Å²) in [5, 5.41) is 9.16. The maximum Gasteiger partial charge on any atom is 0.319 e. The van der Waals surface area contributed by atoms with Crippen LogP contribution in [0, 0.1) is 5.82 Å². The highest BCUT2D eigenvalue weighted by Crippen LogP contribution is 2.17. The Kier molecular flexibility index (Phi) is 10.0. The summed E-state index contributed by atoms with van der Waals surface area (Å²) < 4.78 is 34.5. The van der Waals surface area contributed by atoms with Crippen molar-refractivity contribution >= 4 is 36.0 Å². The Bertz CT molecular complexity index is 1190. The lowest BCUT2D eigenvalue weighted by Crippen LogP contribution is -2.32. The van der Waals surface area contributed by atoms with E-state index in [2.05, 4.69) is 32.4 Å². The monoisotopic (exact) mass is 513 g/mol. The molecule has 200 valence electrons. The molecule has 37 heavy (non-hydrogen) atoms. The summed E-state index contributed by atoms with van der Waals surface area (Å²) in [5.41, 5.74) is -0.137. The van der Waals surface area contributed by atoms with Crippen molar-refractivity contribution in [3.63, 3.8) is 0 Å². The highest BCUT2D eigenvalue weighted by Gasteiger charge is 2.15. The van der Waals surface area contributed by atoms with Crippen molar-refractivity contribution in [3.8, 4) is 5.75 Å². The maximum atomic E-state index is 15.2. The number of hydrogen-bond donors (Lipinski definition) is 3. The van der Waals surface area contributed by atoms with E-state index in [1.165, 1.54) is 32.8 Å². The van der Waals surface area contributed by atoms with Crippen LogP contribution in [0.2, 0.25) is 0 Å². The van der Waals surface area contributed by atoms with Gasteiger partial charge in [-0.25, -0.2) is 18.6 Å². The van der Waals surface area contributed by atoms with Gasteiger partial charge in [-0.15, -0.1) is 0 Å². The minimum Gasteiger partial charge on any atom is -0.492 e. The lowest BCUT2D eigenvalue weighted by molar-refractivity contribution is 0.200. The molecule has 1 heterocycles. The molecule has 0 atom stereocenters. The molecule has 3 rings (SSSR count). The maximum absolute atomic E-state index is 15.2. The molecule has 1 fully saturated rings. The number of nitrogens with one attached hydrogen (secondary N) is 3. The average Bonchev–Trinajstić information content (AvgIpc) is 3.33. The van der Waals surface area contributed by atoms with Gasteiger partial charge < -0.3 is 20.7 Å². The minimum absolute atomic E-state index is 0.219. The molecular weight excluding hydrogens is 476 g/mol. The Labute approximate surface area is 217 Å². The first-order valence-electron chi connectivity index (χ1n) is 12.6. The summed E-state index contributed by atoms with van der Waals surface area (Å²) >= 11 is 0. The molecule has 9 heteroatoms. The fourth-order valence-corrected chi connectivity index (χ4v) is 3.99. The first-order chi connectivity index (χ1) is 17.6. The third-order valence-electron chi connectivity index (χ3n) is 5.93. The molecular formula is C28H37F2N5O2. The largest absolute Gasteiger partial charge is 0.492 e. The fourth-order valence-electron chi connectivity index (χ4n) is 3.99. The predicted octanol–water partition coefficient (Wildman–Crippen LogP) is 4.24. The van der Waals surface area contributed by atoms with Crippen LogP contribution in [0.4, 0.5) is 25.0 Å². The first-order valence-corrected chi connectivity index (χ1v) is 12.6. The van der Waals surface area contributed by atoms with Crippen LogP contribution in [-0.4, -0.2) is 55.6 Å². The molecule has 1 aliphatic heterocycles. The SMILES string of the molecule is C=c1cc(OCCN2CCCC2)cc(F)/c1=C(/N=C\C)Nc1ccc(NC(=O)NCCC(C)(C)F)cc1. The molecule has 0 radical (unpaired) electrons. The van der Waals surface area contributed by atoms with Gasteiger partial charge in [0.2, 0.25) is 0 Å². The van der Waals surface area contributed by atoms with E-state index in [4.69, 9.17) is 4.74 Å². The molecule has 1 saturated heterocycles. The molecule has 0 aliphatic carbocycles. The molecule has 0 bridgehead atoms. The summed E-state index contributed by atoms with van der Waals surface area (Å²) in [6.07, 6.45) is 4.21. The number of benzene rings is 2. The van der Waals surface area contributed by atoms with Crippen molar-refractivity contribution in [2.75, 3.05) is 43.4 Å². The summed E-state index contributed by atoms with van der Waals surface area (Å²) in [7, 11) is 0. The van der Waals surface area contributed by atoms with E-state index in [1.54, 1.807) is 43.5 Å². The Morgan fingerprint density at radius 3 is 2.41 bits per heavy atom. The number of carbonyl (C=O) groups excluding carboxylic acids is 1. The van der Waals surface area contributed by atoms with Gasteiger partial charge in [-0.3, -0.25) is 4.90 Å². The third kappa shape index (κ3) is 9.17. The van der Waals surface area contributed by atoms with Gasteiger partial charge in [0, 0.05) is 36.7 Å². The topological polar surface area (TPSA) is 78.0 Å². The van der Waals surface area contributed by atoms with E-state index >= 15 is 4.39 Å². The number of anilines is 2. The molecule has 2 aromatic rings. The van der Waals surface area contributed by atoms with Gasteiger partial charge >= 0.3 is 6.03 Å². The number of urea groups is 1. The van der Waals surface area contributed by atoms with Crippen LogP contribution >= 0.6 is 0 Å². The standard InChI is InChI=1S/C28H37F2N5O2/c1-5-31-26(25-20(2)18-23(19-24(25)29)37-17-16-35-14-6-7-15-35)33-21-8-10-22(11-9-21)34-27(36)32-13-12-28(3,4)30/h5,8-11,18-19,33H,2,6-7,12-17H2,1,3-4H3,(H2,32,34,36)/b26-25-,31-5-. The number of likely N-dealkylation sites (tertiary alicyclic amines) is 1. The highest BCUT2D eigenvalue weighted by molar-refractivity contribution is 5.89. The molecule has 0 unspecified atom stereocenters. The molecule has 0 aromatic heterocycles. The Balaban J connectivity index is 1.67. The second-order valence-corrected chi connectivity index (χ2v) is 9.62. The van der Waals surface area contributed by atoms with Crippen molar-refractivity contribution in [2.24, 2.45) is 4.99 Å². The molecule has 0 saturated carbocycles. The van der Waals surface area contributed by atoms with Crippen LogP contribution in [0.15, 0.2) is 41.4 Å². The highest BCUT2D eigenvalue weighted by atomic mass is 19.1. The number of aliphatic imine (C=N–C) groups is 1. The van der Waals surface area contributed by atoms with Gasteiger partial charge in [-0.1, -0.05) is 6.58 Å². The zero-order valence-corrected chi connectivity index (χ0v) is 21.9. The zero-order chi connectivity index (χ0) is 26.8. The fraction of sp³-hybridized carbons (Fsp3) is 0.429. The number of carbonyl (C=O) groups is 1. The number of alkyl halides is 1. The van der Waals surface area contributed by atoms with Crippen LogP contribution < -0.4 is 31.1 Å². The molecule has 2 aromatic carbocycles. The van der Waals surface area contributed by atoms with Gasteiger partial charge in [0.05, 0.1) is 5.22 Å². The van der Waals surface area contributed by atoms with Crippen LogP contribution in [0.3, 0.4) is 0 Å². The predicted molar refractivity (Wildman–Crippen MR) is 147 cm³/mol. The summed E-state index contributed by atoms with van der Waals surface area (Å²) in [6.45, 7) is 12.4. The van der Waals surface area contributed by atoms with Crippen LogP contribution in [0.1, 0.15) is 40.0 Å². The molecule has 7 nitrogen and oxygen atoms in total. The summed E-state index contributed by atoms with van der Waals surface area (Å²) in [5.74, 6) is 0.262. The first kappa shape index (κ1) is 28.1. The minimum atomic E-state index is -1.34. The van der Waals surface area contributed by atoms with Crippen molar-refractivity contribution in [1.82, 2.24) is 10.2 Å². The second-order valence-electron chi connectivity index (χ2n) is 9.62. The Hall–Kier alpha value is -3.46. The average molecular weight is 514 g/mol. The zero-order valence-electron chi connectivity index (χ0n) is 21.9. The molecule has 1 aliphatic rings. The van der Waals surface area contributed by atoms with E-state index in [-0.39, 0.29) is 18.2 Å². The van der Waals surface area contributed by atoms with E-state index < -0.39 is 17.5 Å². The van der Waals surface area contributed by atoms with Crippen LogP contribution in [0.25, 0.3) is 12.4 Å². The van der Waals surface area contributed by atoms with Crippen molar-refractivity contribution in [3.05, 3.63) is 52.7 Å². The Morgan fingerprint density at radius 2 is 1.81 bits per heavy atom. The van der Waals surface area contributed by atoms with Gasteiger partial charge in [-0.2, -0.15) is 0 Å². The van der Waals surface area contributed by atoms with E-state index in [9.17, 15) is 9.18 Å². The summed E-state index contributed by atoms with van der Waals surface area (Å²) in [6, 6.07) is 9.53. The van der Waals surface area contributed by atoms with E-state index in [0.717, 1.165) is 19.6 Å². The van der Waals surface area contributed by atoms with Crippen molar-refractivity contribution in [1.29, 1.82) is 0 Å². The van der Waals surface area contributed by atoms with Gasteiger partial charge in [0.15, 0.2) is 0 Å². The normalized spacial score (nSPS) is 15.1. The van der Waals surface area contributed by atoms with Crippen molar-refractivity contribution in [2.45, 2.75) is 45.7 Å². The number of ether oxygens (including phenoxy) is 1. The van der Waals surface area contributed by atoms with E-state index in [0.29, 0.717) is 34.8 Å². The van der Waals surface area contributed by atoms with Crippen LogP contribution in [-0.2, 0) is 0 Å². The second kappa shape index (κ2) is 13.2. The number of hydrogen-bond acceptors (Lipinski definition) is 5. The van der Waals surface area contributed by atoms with Gasteiger partial charge in [0.1, 0.15) is 29.7 Å². The molecule has 3 N–H and O–H groups in total. The quantitative estimate of drug-likeness (QED) is 0.393. The number of halogens is 2. The molecule has 0 spiro atoms. The van der Waals surface area contributed by atoms with E-state index in [1.807, 2.05) is 0 Å². The number of amides is 2. The lowest BCUT2D eigenvalue weighted by atomic mass is 10.1. The lowest BCUT2D eigenvalue weighted by Gasteiger charge is -2.15. The van der Waals surface area contributed by atoms with Crippen LogP contribution in [0.5, 0.6) is 5.75 Å². The van der Waals surface area contributed by atoms with Gasteiger partial charge in [-0.05, 0) is 88.7 Å². The van der Waals surface area contributed by atoms with Gasteiger partial charge in [0.25, 0.3) is 0 Å². The number of nitrogens with zero attached hydrogens (tertiary/aromatic N) is 2. The smallest absolute Gasteiger partial charge is 0.319 e. The Morgan fingerprint density at radius 1 is 1.16 bits per heavy atom. The number of rotatable bonds is 11. The third-order valence-corrected chi connectivity index (χ3v) is 5.93. The van der Waals surface area contributed by atoms with Crippen molar-refractivity contribution < 1.29 is 18.3 Å².